The summed E-state index contributed by atoms with van der Waals surface area (Å²) in [6, 6.07) is 20.8. The standard InChI is InChI=1S/C26H25NO2/c1-26(2)14-20-25(21(28)15-26)24(18-10-6-7-11-22(18)29-3)23-17-9-5-4-8-16(17)12-13-19(23)27-20/h4-14,24-25,27H,15H2,1-3H3/t24-,25+/m1/s1. The van der Waals surface area contributed by atoms with Crippen LogP contribution in [0.5, 0.6) is 5.75 Å². The molecule has 2 atom stereocenters. The lowest BCUT2D eigenvalue weighted by molar-refractivity contribution is -0.124. The summed E-state index contributed by atoms with van der Waals surface area (Å²) in [6.45, 7) is 4.26. The molecule has 29 heavy (non-hydrogen) atoms. The molecule has 2 aliphatic rings. The largest absolute Gasteiger partial charge is 0.496 e. The van der Waals surface area contributed by atoms with E-state index in [2.05, 4.69) is 67.7 Å². The van der Waals surface area contributed by atoms with Crippen molar-refractivity contribution in [1.29, 1.82) is 0 Å². The molecule has 1 aliphatic carbocycles. The molecule has 1 aliphatic heterocycles. The predicted octanol–water partition coefficient (Wildman–Crippen LogP) is 5.90. The summed E-state index contributed by atoms with van der Waals surface area (Å²) in [5.41, 5.74) is 4.20. The van der Waals surface area contributed by atoms with Gasteiger partial charge in [0.2, 0.25) is 0 Å². The fourth-order valence-electron chi connectivity index (χ4n) is 5.09. The number of hydrogen-bond acceptors (Lipinski definition) is 3. The molecule has 1 heterocycles. The normalized spacial score (nSPS) is 22.3. The van der Waals surface area contributed by atoms with Gasteiger partial charge in [-0.3, -0.25) is 4.79 Å². The molecule has 0 aromatic heterocycles. The van der Waals surface area contributed by atoms with Crippen LogP contribution in [0.1, 0.15) is 37.3 Å². The van der Waals surface area contributed by atoms with Crippen molar-refractivity contribution in [3.8, 4) is 5.75 Å². The first-order valence-electron chi connectivity index (χ1n) is 10.2. The van der Waals surface area contributed by atoms with Gasteiger partial charge < -0.3 is 10.1 Å². The molecule has 0 saturated carbocycles. The molecule has 0 spiro atoms. The van der Waals surface area contributed by atoms with Crippen LogP contribution in [0.15, 0.2) is 72.4 Å². The van der Waals surface area contributed by atoms with Gasteiger partial charge in [0.05, 0.1) is 13.0 Å². The summed E-state index contributed by atoms with van der Waals surface area (Å²) in [5, 5.41) is 5.98. The molecule has 3 heteroatoms. The number of methoxy groups -OCH3 is 1. The number of ketones is 1. The number of nitrogens with one attached hydrogen (secondary N) is 1. The van der Waals surface area contributed by atoms with E-state index in [1.54, 1.807) is 7.11 Å². The smallest absolute Gasteiger partial charge is 0.143 e. The van der Waals surface area contributed by atoms with Crippen LogP contribution in [-0.2, 0) is 4.79 Å². The molecule has 3 aromatic carbocycles. The van der Waals surface area contributed by atoms with Crippen LogP contribution in [0.2, 0.25) is 0 Å². The SMILES string of the molecule is COc1ccccc1[C@@H]1c2c(ccc3ccccc23)NC2=CC(C)(C)CC(=O)[C@H]21. The van der Waals surface area contributed by atoms with Gasteiger partial charge >= 0.3 is 0 Å². The monoisotopic (exact) mass is 383 g/mol. The van der Waals surface area contributed by atoms with Crippen molar-refractivity contribution in [2.45, 2.75) is 26.2 Å². The molecule has 3 aromatic rings. The zero-order valence-corrected chi connectivity index (χ0v) is 17.0. The highest BCUT2D eigenvalue weighted by Gasteiger charge is 2.45. The van der Waals surface area contributed by atoms with Crippen LogP contribution in [-0.4, -0.2) is 12.9 Å². The lowest BCUT2D eigenvalue weighted by Crippen LogP contribution is -2.39. The fraction of sp³-hybridized carbons (Fsp3) is 0.269. The molecule has 0 radical (unpaired) electrons. The highest BCUT2D eigenvalue weighted by Crippen LogP contribution is 2.52. The summed E-state index contributed by atoms with van der Waals surface area (Å²) in [5.74, 6) is 0.811. The number of Topliss-reactive ketones (excluding diaryl/α,β-unsaturated/α-hetero) is 1. The van der Waals surface area contributed by atoms with E-state index in [9.17, 15) is 4.79 Å². The third-order valence-corrected chi connectivity index (χ3v) is 6.23. The van der Waals surface area contributed by atoms with Gasteiger partial charge in [0.15, 0.2) is 0 Å². The number of rotatable bonds is 2. The topological polar surface area (TPSA) is 38.3 Å². The van der Waals surface area contributed by atoms with Gasteiger partial charge in [-0.25, -0.2) is 0 Å². The number of hydrogen-bond donors (Lipinski definition) is 1. The number of benzene rings is 3. The van der Waals surface area contributed by atoms with Crippen LogP contribution < -0.4 is 10.1 Å². The second-order valence-corrected chi connectivity index (χ2v) is 8.80. The van der Waals surface area contributed by atoms with Crippen LogP contribution in [0.3, 0.4) is 0 Å². The molecule has 3 nitrogen and oxygen atoms in total. The average Bonchev–Trinajstić information content (AvgIpc) is 2.71. The average molecular weight is 383 g/mol. The number of carbonyl (C=O) groups is 1. The number of fused-ring (bicyclic) bond motifs is 4. The summed E-state index contributed by atoms with van der Waals surface area (Å²) in [7, 11) is 1.70. The van der Waals surface area contributed by atoms with Crippen molar-refractivity contribution in [3.05, 3.63) is 83.6 Å². The lowest BCUT2D eigenvalue weighted by atomic mass is 9.66. The van der Waals surface area contributed by atoms with Crippen molar-refractivity contribution in [2.24, 2.45) is 11.3 Å². The zero-order valence-electron chi connectivity index (χ0n) is 17.0. The van der Waals surface area contributed by atoms with Crippen LogP contribution in [0.4, 0.5) is 5.69 Å². The minimum atomic E-state index is -0.224. The van der Waals surface area contributed by atoms with E-state index in [-0.39, 0.29) is 23.0 Å². The highest BCUT2D eigenvalue weighted by atomic mass is 16.5. The van der Waals surface area contributed by atoms with Gasteiger partial charge in [-0.15, -0.1) is 0 Å². The maximum absolute atomic E-state index is 13.5. The molecule has 146 valence electrons. The van der Waals surface area contributed by atoms with Gasteiger partial charge in [-0.2, -0.15) is 0 Å². The zero-order chi connectivity index (χ0) is 20.2. The van der Waals surface area contributed by atoms with Crippen LogP contribution >= 0.6 is 0 Å². The Kier molecular flexibility index (Phi) is 4.02. The van der Waals surface area contributed by atoms with Crippen LogP contribution in [0, 0.1) is 11.3 Å². The lowest BCUT2D eigenvalue weighted by Gasteiger charge is -2.42. The second kappa shape index (κ2) is 6.48. The number of carbonyl (C=O) groups excluding carboxylic acids is 1. The van der Waals surface area contributed by atoms with E-state index in [1.165, 1.54) is 16.3 Å². The maximum atomic E-state index is 13.5. The van der Waals surface area contributed by atoms with Gasteiger partial charge in [-0.1, -0.05) is 68.5 Å². The highest BCUT2D eigenvalue weighted by molar-refractivity contribution is 5.97. The molecule has 0 fully saturated rings. The number of anilines is 1. The summed E-state index contributed by atoms with van der Waals surface area (Å²) < 4.78 is 5.73. The first-order chi connectivity index (χ1) is 14.0. The first kappa shape index (κ1) is 18.0. The van der Waals surface area contributed by atoms with Gasteiger partial charge in [0.25, 0.3) is 0 Å². The molecule has 0 unspecified atom stereocenters. The molecule has 5 rings (SSSR count). The predicted molar refractivity (Wildman–Crippen MR) is 117 cm³/mol. The van der Waals surface area contributed by atoms with Gasteiger partial charge in [0, 0.05) is 29.3 Å². The van der Waals surface area contributed by atoms with E-state index in [0.717, 1.165) is 22.7 Å². The van der Waals surface area contributed by atoms with Gasteiger partial charge in [0.1, 0.15) is 11.5 Å². The Balaban J connectivity index is 1.85. The Morgan fingerprint density at radius 1 is 0.966 bits per heavy atom. The second-order valence-electron chi connectivity index (χ2n) is 8.80. The summed E-state index contributed by atoms with van der Waals surface area (Å²) in [6.07, 6.45) is 2.80. The van der Waals surface area contributed by atoms with Crippen molar-refractivity contribution in [1.82, 2.24) is 0 Å². The maximum Gasteiger partial charge on any atom is 0.143 e. The Morgan fingerprint density at radius 2 is 1.72 bits per heavy atom. The third-order valence-electron chi connectivity index (χ3n) is 6.23. The van der Waals surface area contributed by atoms with E-state index in [1.807, 2.05) is 18.2 Å². The summed E-state index contributed by atoms with van der Waals surface area (Å²) in [4.78, 5) is 13.5. The van der Waals surface area contributed by atoms with Crippen LogP contribution in [0.25, 0.3) is 10.8 Å². The van der Waals surface area contributed by atoms with Crippen molar-refractivity contribution in [2.75, 3.05) is 12.4 Å². The Labute approximate surface area is 171 Å². The minimum absolute atomic E-state index is 0.0802. The summed E-state index contributed by atoms with van der Waals surface area (Å²) >= 11 is 0. The van der Waals surface area contributed by atoms with E-state index < -0.39 is 0 Å². The molecule has 0 saturated heterocycles. The minimum Gasteiger partial charge on any atom is -0.496 e. The fourth-order valence-corrected chi connectivity index (χ4v) is 5.09. The Bertz CT molecular complexity index is 1160. The number of ether oxygens (including phenoxy) is 1. The number of para-hydroxylation sites is 1. The molecular formula is C26H25NO2. The van der Waals surface area contributed by atoms with E-state index in [4.69, 9.17) is 4.74 Å². The Hall–Kier alpha value is -3.07. The molecule has 1 N–H and O–H groups in total. The number of allylic oxidation sites excluding steroid dienone is 2. The van der Waals surface area contributed by atoms with Gasteiger partial charge in [-0.05, 0) is 33.9 Å². The van der Waals surface area contributed by atoms with E-state index in [0.29, 0.717) is 6.42 Å². The van der Waals surface area contributed by atoms with Crippen molar-refractivity contribution < 1.29 is 9.53 Å². The van der Waals surface area contributed by atoms with Crippen molar-refractivity contribution >= 4 is 22.2 Å². The molecule has 0 amide bonds. The third kappa shape index (κ3) is 2.84. The first-order valence-corrected chi connectivity index (χ1v) is 10.2. The molecular weight excluding hydrogens is 358 g/mol. The quantitative estimate of drug-likeness (QED) is 0.598. The van der Waals surface area contributed by atoms with Crippen molar-refractivity contribution in [3.63, 3.8) is 0 Å². The Morgan fingerprint density at radius 3 is 2.55 bits per heavy atom. The molecule has 0 bridgehead atoms. The van der Waals surface area contributed by atoms with E-state index >= 15 is 0 Å².